The number of nitrogens with two attached hydrogens (primary N) is 1. The molecule has 0 aromatic heterocycles. The van der Waals surface area contributed by atoms with Gasteiger partial charge in [0.2, 0.25) is 0 Å². The van der Waals surface area contributed by atoms with E-state index in [1.54, 1.807) is 12.1 Å². The van der Waals surface area contributed by atoms with E-state index in [4.69, 9.17) is 5.73 Å². The van der Waals surface area contributed by atoms with Crippen LogP contribution in [0.5, 0.6) is 0 Å². The van der Waals surface area contributed by atoms with Crippen LogP contribution in [0.25, 0.3) is 10.8 Å². The van der Waals surface area contributed by atoms with E-state index in [1.807, 2.05) is 12.1 Å². The molecule has 2 N–H and O–H groups in total. The van der Waals surface area contributed by atoms with Crippen molar-refractivity contribution < 1.29 is 4.39 Å². The first-order chi connectivity index (χ1) is 7.29. The molecule has 0 atom stereocenters. The van der Waals surface area contributed by atoms with Gasteiger partial charge in [-0.3, -0.25) is 0 Å². The Kier molecular flexibility index (Phi) is 2.97. The predicted octanol–water partition coefficient (Wildman–Crippen LogP) is 2.87. The van der Waals surface area contributed by atoms with Crippen LogP contribution in [-0.2, 0) is 6.42 Å². The van der Waals surface area contributed by atoms with Crippen LogP contribution in [0.2, 0.25) is 0 Å². The number of rotatable bonds is 3. The molecule has 0 spiro atoms. The van der Waals surface area contributed by atoms with Gasteiger partial charge in [-0.15, -0.1) is 0 Å². The largest absolute Gasteiger partial charge is 0.330 e. The lowest BCUT2D eigenvalue weighted by Gasteiger charge is -2.03. The molecule has 15 heavy (non-hydrogen) atoms. The molecule has 0 aliphatic rings. The number of halogens is 1. The van der Waals surface area contributed by atoms with Gasteiger partial charge in [-0.2, -0.15) is 0 Å². The molecule has 0 aliphatic carbocycles. The standard InChI is InChI=1S/C13H14FN/c14-13-6-5-11-4-3-10(2-1-7-15)8-12(11)9-13/h3-6,8-9H,1-2,7,15H2. The van der Waals surface area contributed by atoms with Crippen LogP contribution in [0.1, 0.15) is 12.0 Å². The summed E-state index contributed by atoms with van der Waals surface area (Å²) in [4.78, 5) is 0. The molecule has 1 nitrogen and oxygen atoms in total. The van der Waals surface area contributed by atoms with Crippen molar-refractivity contribution in [2.75, 3.05) is 6.54 Å². The molecule has 2 rings (SSSR count). The molecular formula is C13H14FN. The van der Waals surface area contributed by atoms with Gasteiger partial charge in [0, 0.05) is 0 Å². The van der Waals surface area contributed by atoms with Gasteiger partial charge in [-0.25, -0.2) is 4.39 Å². The topological polar surface area (TPSA) is 26.0 Å². The summed E-state index contributed by atoms with van der Waals surface area (Å²) in [5, 5.41) is 2.04. The minimum absolute atomic E-state index is 0.182. The van der Waals surface area contributed by atoms with Crippen molar-refractivity contribution in [3.05, 3.63) is 47.8 Å². The predicted molar refractivity (Wildman–Crippen MR) is 61.3 cm³/mol. The van der Waals surface area contributed by atoms with E-state index in [2.05, 4.69) is 6.07 Å². The normalized spacial score (nSPS) is 10.8. The third-order valence-corrected chi connectivity index (χ3v) is 2.54. The molecule has 0 bridgehead atoms. The zero-order chi connectivity index (χ0) is 10.7. The summed E-state index contributed by atoms with van der Waals surface area (Å²) in [6, 6.07) is 11.0. The summed E-state index contributed by atoms with van der Waals surface area (Å²) in [5.41, 5.74) is 6.67. The van der Waals surface area contributed by atoms with Gasteiger partial charge in [0.25, 0.3) is 0 Å². The van der Waals surface area contributed by atoms with Crippen LogP contribution in [0.4, 0.5) is 4.39 Å². The zero-order valence-corrected chi connectivity index (χ0v) is 8.54. The maximum absolute atomic E-state index is 13.0. The maximum atomic E-state index is 13.0. The molecule has 2 heteroatoms. The Morgan fingerprint density at radius 3 is 2.60 bits per heavy atom. The summed E-state index contributed by atoms with van der Waals surface area (Å²) in [7, 11) is 0. The van der Waals surface area contributed by atoms with E-state index in [1.165, 1.54) is 11.6 Å². The maximum Gasteiger partial charge on any atom is 0.123 e. The Bertz CT molecular complexity index is 465. The van der Waals surface area contributed by atoms with E-state index in [0.29, 0.717) is 6.54 Å². The van der Waals surface area contributed by atoms with Gasteiger partial charge in [0.15, 0.2) is 0 Å². The average Bonchev–Trinajstić information content (AvgIpc) is 2.25. The molecule has 0 heterocycles. The Balaban J connectivity index is 2.36. The highest BCUT2D eigenvalue weighted by Gasteiger charge is 1.98. The van der Waals surface area contributed by atoms with Gasteiger partial charge in [-0.05, 0) is 47.9 Å². The number of fused-ring (bicyclic) bond motifs is 1. The highest BCUT2D eigenvalue weighted by Crippen LogP contribution is 2.18. The van der Waals surface area contributed by atoms with Gasteiger partial charge in [0.1, 0.15) is 5.82 Å². The van der Waals surface area contributed by atoms with E-state index in [9.17, 15) is 4.39 Å². The minimum Gasteiger partial charge on any atom is -0.330 e. The van der Waals surface area contributed by atoms with Gasteiger partial charge in [0.05, 0.1) is 0 Å². The van der Waals surface area contributed by atoms with Crippen LogP contribution in [0, 0.1) is 5.82 Å². The Morgan fingerprint density at radius 1 is 1.00 bits per heavy atom. The van der Waals surface area contributed by atoms with E-state index in [0.717, 1.165) is 23.6 Å². The smallest absolute Gasteiger partial charge is 0.123 e. The molecule has 0 amide bonds. The van der Waals surface area contributed by atoms with Crippen LogP contribution in [0.3, 0.4) is 0 Å². The second kappa shape index (κ2) is 4.41. The summed E-state index contributed by atoms with van der Waals surface area (Å²) in [5.74, 6) is -0.182. The zero-order valence-electron chi connectivity index (χ0n) is 8.54. The molecule has 2 aromatic rings. The Labute approximate surface area is 88.7 Å². The SMILES string of the molecule is NCCCc1ccc2ccc(F)cc2c1. The first-order valence-corrected chi connectivity index (χ1v) is 5.18. The first-order valence-electron chi connectivity index (χ1n) is 5.18. The van der Waals surface area contributed by atoms with Crippen molar-refractivity contribution in [3.8, 4) is 0 Å². The van der Waals surface area contributed by atoms with Crippen molar-refractivity contribution in [1.29, 1.82) is 0 Å². The van der Waals surface area contributed by atoms with Gasteiger partial charge < -0.3 is 5.73 Å². The number of hydrogen-bond acceptors (Lipinski definition) is 1. The lowest BCUT2D eigenvalue weighted by atomic mass is 10.0. The second-order valence-electron chi connectivity index (χ2n) is 3.72. The fourth-order valence-corrected chi connectivity index (χ4v) is 1.73. The number of benzene rings is 2. The minimum atomic E-state index is -0.182. The highest BCUT2D eigenvalue weighted by atomic mass is 19.1. The van der Waals surface area contributed by atoms with Crippen molar-refractivity contribution in [1.82, 2.24) is 0 Å². The summed E-state index contributed by atoms with van der Waals surface area (Å²) in [6.07, 6.45) is 1.93. The molecule has 0 saturated heterocycles. The molecule has 2 aromatic carbocycles. The monoisotopic (exact) mass is 203 g/mol. The summed E-state index contributed by atoms with van der Waals surface area (Å²) < 4.78 is 13.0. The molecule has 0 saturated carbocycles. The van der Waals surface area contributed by atoms with E-state index >= 15 is 0 Å². The number of aryl methyl sites for hydroxylation is 1. The number of hydrogen-bond donors (Lipinski definition) is 1. The molecule has 0 aliphatic heterocycles. The van der Waals surface area contributed by atoms with Crippen LogP contribution in [-0.4, -0.2) is 6.54 Å². The van der Waals surface area contributed by atoms with Gasteiger partial charge >= 0.3 is 0 Å². The molecule has 0 unspecified atom stereocenters. The molecular weight excluding hydrogens is 189 g/mol. The van der Waals surface area contributed by atoms with Crippen LogP contribution >= 0.6 is 0 Å². The van der Waals surface area contributed by atoms with Crippen molar-refractivity contribution in [2.45, 2.75) is 12.8 Å². The lowest BCUT2D eigenvalue weighted by molar-refractivity contribution is 0.629. The lowest BCUT2D eigenvalue weighted by Crippen LogP contribution is -2.00. The van der Waals surface area contributed by atoms with E-state index < -0.39 is 0 Å². The molecule has 0 fully saturated rings. The summed E-state index contributed by atoms with van der Waals surface area (Å²) >= 11 is 0. The average molecular weight is 203 g/mol. The second-order valence-corrected chi connectivity index (χ2v) is 3.72. The Hall–Kier alpha value is -1.41. The first kappa shape index (κ1) is 10.1. The molecule has 78 valence electrons. The third kappa shape index (κ3) is 2.34. The van der Waals surface area contributed by atoms with Crippen LogP contribution < -0.4 is 5.73 Å². The summed E-state index contributed by atoms with van der Waals surface area (Å²) in [6.45, 7) is 0.696. The Morgan fingerprint density at radius 2 is 1.80 bits per heavy atom. The van der Waals surface area contributed by atoms with Crippen molar-refractivity contribution >= 4 is 10.8 Å². The quantitative estimate of drug-likeness (QED) is 0.815. The third-order valence-electron chi connectivity index (χ3n) is 2.54. The van der Waals surface area contributed by atoms with E-state index in [-0.39, 0.29) is 5.82 Å². The van der Waals surface area contributed by atoms with Crippen LogP contribution in [0.15, 0.2) is 36.4 Å². The van der Waals surface area contributed by atoms with Gasteiger partial charge in [-0.1, -0.05) is 24.3 Å². The molecule has 0 radical (unpaired) electrons. The van der Waals surface area contributed by atoms with Crippen molar-refractivity contribution in [2.24, 2.45) is 5.73 Å². The fourth-order valence-electron chi connectivity index (χ4n) is 1.73. The van der Waals surface area contributed by atoms with Crippen molar-refractivity contribution in [3.63, 3.8) is 0 Å². The fraction of sp³-hybridized carbons (Fsp3) is 0.231. The highest BCUT2D eigenvalue weighted by molar-refractivity contribution is 5.83.